The molecule has 0 aromatic carbocycles. The Hall–Kier alpha value is -0.0831. The van der Waals surface area contributed by atoms with E-state index in [1.807, 2.05) is 6.92 Å². The van der Waals surface area contributed by atoms with Crippen molar-refractivity contribution in [3.63, 3.8) is 0 Å². The van der Waals surface area contributed by atoms with E-state index in [0.29, 0.717) is 0 Å². The van der Waals surface area contributed by atoms with E-state index < -0.39 is 8.80 Å². The molecule has 0 bridgehead atoms. The molecule has 1 rings (SSSR count). The highest BCUT2D eigenvalue weighted by Crippen LogP contribution is 2.28. The van der Waals surface area contributed by atoms with E-state index in [4.69, 9.17) is 4.74 Å². The molecular formula is C10H19OSi. The predicted octanol–water partition coefficient (Wildman–Crippen LogP) is 2.33. The number of allylic oxidation sites excluding steroid dienone is 1. The monoisotopic (exact) mass is 183 g/mol. The molecule has 1 atom stereocenters. The number of hydrogen-bond acceptors (Lipinski definition) is 1. The van der Waals surface area contributed by atoms with Crippen molar-refractivity contribution in [3.05, 3.63) is 12.2 Å². The van der Waals surface area contributed by atoms with Crippen LogP contribution in [0.5, 0.6) is 0 Å². The molecule has 69 valence electrons. The van der Waals surface area contributed by atoms with Crippen LogP contribution in [-0.4, -0.2) is 20.6 Å². The first-order valence-electron chi connectivity index (χ1n) is 4.87. The Labute approximate surface area is 77.4 Å². The van der Waals surface area contributed by atoms with E-state index >= 15 is 0 Å². The summed E-state index contributed by atoms with van der Waals surface area (Å²) in [7, 11) is -0.746. The lowest BCUT2D eigenvalue weighted by molar-refractivity contribution is 0.0101. The second-order valence-electron chi connectivity index (χ2n) is 3.85. The lowest BCUT2D eigenvalue weighted by atomic mass is 10.1. The molecule has 12 heavy (non-hydrogen) atoms. The standard InChI is InChI=1S/C10H19OSi/c1-4-7-10(12(2)3)8-5-6-9-11-10/h7,12H,5-6,8-9H2,1-3H3. The summed E-state index contributed by atoms with van der Waals surface area (Å²) in [5, 5.41) is 0.132. The maximum Gasteiger partial charge on any atom is 0.0745 e. The van der Waals surface area contributed by atoms with E-state index in [2.05, 4.69) is 25.2 Å². The smallest absolute Gasteiger partial charge is 0.0745 e. The molecule has 0 N–H and O–H groups in total. The summed E-state index contributed by atoms with van der Waals surface area (Å²) in [6.07, 6.45) is 9.09. The summed E-state index contributed by atoms with van der Waals surface area (Å²) in [6.45, 7) is 7.64. The van der Waals surface area contributed by atoms with Crippen molar-refractivity contribution < 1.29 is 4.74 Å². The van der Waals surface area contributed by atoms with Crippen LogP contribution < -0.4 is 0 Å². The van der Waals surface area contributed by atoms with Crippen LogP contribution in [0.4, 0.5) is 0 Å². The third kappa shape index (κ3) is 1.99. The molecule has 0 amide bonds. The molecule has 1 radical (unpaired) electrons. The van der Waals surface area contributed by atoms with Crippen molar-refractivity contribution in [3.8, 4) is 0 Å². The maximum atomic E-state index is 5.91. The van der Waals surface area contributed by atoms with Crippen LogP contribution in [0, 0.1) is 6.08 Å². The highest BCUT2D eigenvalue weighted by atomic mass is 28.3. The summed E-state index contributed by atoms with van der Waals surface area (Å²) in [5.41, 5.74) is 0. The van der Waals surface area contributed by atoms with Gasteiger partial charge in [0.05, 0.1) is 14.0 Å². The van der Waals surface area contributed by atoms with Gasteiger partial charge in [-0.05, 0) is 32.3 Å². The van der Waals surface area contributed by atoms with Crippen LogP contribution in [0.2, 0.25) is 13.1 Å². The minimum Gasteiger partial charge on any atom is -0.375 e. The Balaban J connectivity index is 2.69. The fourth-order valence-electron chi connectivity index (χ4n) is 1.82. The fourth-order valence-corrected chi connectivity index (χ4v) is 3.55. The van der Waals surface area contributed by atoms with Crippen molar-refractivity contribution in [2.24, 2.45) is 0 Å². The van der Waals surface area contributed by atoms with Gasteiger partial charge in [-0.3, -0.25) is 0 Å². The lowest BCUT2D eigenvalue weighted by Gasteiger charge is -2.37. The highest BCUT2D eigenvalue weighted by molar-refractivity contribution is 6.59. The zero-order valence-electron chi connectivity index (χ0n) is 8.39. The van der Waals surface area contributed by atoms with Gasteiger partial charge >= 0.3 is 0 Å². The topological polar surface area (TPSA) is 9.23 Å². The first-order chi connectivity index (χ1) is 5.71. The van der Waals surface area contributed by atoms with Gasteiger partial charge < -0.3 is 4.74 Å². The fraction of sp³-hybridized carbons (Fsp3) is 0.800. The molecule has 1 fully saturated rings. The summed E-state index contributed by atoms with van der Waals surface area (Å²) in [4.78, 5) is 0. The van der Waals surface area contributed by atoms with E-state index in [9.17, 15) is 0 Å². The Morgan fingerprint density at radius 3 is 2.58 bits per heavy atom. The minimum absolute atomic E-state index is 0.132. The Morgan fingerprint density at radius 1 is 1.42 bits per heavy atom. The van der Waals surface area contributed by atoms with Crippen LogP contribution in [0.3, 0.4) is 0 Å². The maximum absolute atomic E-state index is 5.91. The summed E-state index contributed by atoms with van der Waals surface area (Å²) < 4.78 is 5.91. The molecule has 2 heteroatoms. The summed E-state index contributed by atoms with van der Waals surface area (Å²) >= 11 is 0. The molecule has 1 unspecified atom stereocenters. The molecule has 0 aromatic heterocycles. The summed E-state index contributed by atoms with van der Waals surface area (Å²) in [5.74, 6) is 0. The van der Waals surface area contributed by atoms with Crippen molar-refractivity contribution in [1.29, 1.82) is 0 Å². The second-order valence-corrected chi connectivity index (χ2v) is 7.13. The van der Waals surface area contributed by atoms with Gasteiger partial charge in [0.2, 0.25) is 0 Å². The van der Waals surface area contributed by atoms with Gasteiger partial charge in [0, 0.05) is 6.61 Å². The van der Waals surface area contributed by atoms with Gasteiger partial charge in [0.1, 0.15) is 0 Å². The molecule has 0 saturated carbocycles. The average molecular weight is 183 g/mol. The van der Waals surface area contributed by atoms with Gasteiger partial charge in [-0.25, -0.2) is 0 Å². The van der Waals surface area contributed by atoms with Crippen molar-refractivity contribution in [2.75, 3.05) is 6.61 Å². The van der Waals surface area contributed by atoms with Crippen LogP contribution in [0.25, 0.3) is 0 Å². The SMILES string of the molecule is C[C]=CC1([SiH](C)C)CCCCO1. The predicted molar refractivity (Wildman–Crippen MR) is 54.9 cm³/mol. The molecule has 1 aliphatic heterocycles. The first-order valence-corrected chi connectivity index (χ1v) is 7.75. The number of rotatable bonds is 2. The van der Waals surface area contributed by atoms with E-state index in [1.54, 1.807) is 0 Å². The molecule has 0 aromatic rings. The Kier molecular flexibility index (Phi) is 3.53. The largest absolute Gasteiger partial charge is 0.375 e. The van der Waals surface area contributed by atoms with Gasteiger partial charge in [-0.2, -0.15) is 0 Å². The normalized spacial score (nSPS) is 31.7. The summed E-state index contributed by atoms with van der Waals surface area (Å²) in [6, 6.07) is 0. The van der Waals surface area contributed by atoms with E-state index in [-0.39, 0.29) is 5.22 Å². The van der Waals surface area contributed by atoms with Crippen LogP contribution >= 0.6 is 0 Å². The van der Waals surface area contributed by atoms with E-state index in [1.165, 1.54) is 19.3 Å². The molecule has 1 saturated heterocycles. The molecule has 1 aliphatic rings. The zero-order chi connectivity index (χ0) is 9.03. The second kappa shape index (κ2) is 4.24. The third-order valence-electron chi connectivity index (χ3n) is 2.70. The van der Waals surface area contributed by atoms with Gasteiger partial charge in [0.15, 0.2) is 0 Å². The molecular weight excluding hydrogens is 164 g/mol. The lowest BCUT2D eigenvalue weighted by Crippen LogP contribution is -2.45. The van der Waals surface area contributed by atoms with Crippen LogP contribution in [0.15, 0.2) is 6.08 Å². The molecule has 0 spiro atoms. The molecule has 1 heterocycles. The third-order valence-corrected chi connectivity index (χ3v) is 5.28. The van der Waals surface area contributed by atoms with Crippen molar-refractivity contribution in [1.82, 2.24) is 0 Å². The van der Waals surface area contributed by atoms with E-state index in [0.717, 1.165) is 6.61 Å². The van der Waals surface area contributed by atoms with Crippen LogP contribution in [0.1, 0.15) is 26.2 Å². The van der Waals surface area contributed by atoms with Gasteiger partial charge in [-0.15, -0.1) is 0 Å². The van der Waals surface area contributed by atoms with Gasteiger partial charge in [-0.1, -0.05) is 19.2 Å². The van der Waals surface area contributed by atoms with Crippen molar-refractivity contribution >= 4 is 8.80 Å². The van der Waals surface area contributed by atoms with Gasteiger partial charge in [0.25, 0.3) is 0 Å². The minimum atomic E-state index is -0.746. The molecule has 1 nitrogen and oxygen atoms in total. The molecule has 0 aliphatic carbocycles. The zero-order valence-corrected chi connectivity index (χ0v) is 9.55. The highest BCUT2D eigenvalue weighted by Gasteiger charge is 2.34. The Morgan fingerprint density at radius 2 is 2.17 bits per heavy atom. The average Bonchev–Trinajstić information content (AvgIpc) is 2.06. The quantitative estimate of drug-likeness (QED) is 0.597. The first kappa shape index (κ1) is 10.0. The number of hydrogen-bond donors (Lipinski definition) is 0. The number of ether oxygens (including phenoxy) is 1. The van der Waals surface area contributed by atoms with Crippen molar-refractivity contribution in [2.45, 2.75) is 44.5 Å². The Bertz CT molecular complexity index is 157. The van der Waals surface area contributed by atoms with Crippen LogP contribution in [-0.2, 0) is 4.74 Å².